The van der Waals surface area contributed by atoms with E-state index >= 15 is 0 Å². The molecule has 1 aliphatic rings. The summed E-state index contributed by atoms with van der Waals surface area (Å²) < 4.78 is 25.4. The van der Waals surface area contributed by atoms with Gasteiger partial charge in [-0.2, -0.15) is 0 Å². The van der Waals surface area contributed by atoms with Crippen LogP contribution >= 0.6 is 0 Å². The summed E-state index contributed by atoms with van der Waals surface area (Å²) in [5, 5.41) is 18.3. The van der Waals surface area contributed by atoms with Crippen LogP contribution in [0.15, 0.2) is 0 Å². The number of aliphatic hydroxyl groups excluding tert-OH is 1. The molecule has 7 heteroatoms. The van der Waals surface area contributed by atoms with E-state index in [1.807, 2.05) is 13.8 Å². The van der Waals surface area contributed by atoms with Crippen LogP contribution in [0.1, 0.15) is 33.1 Å². The molecule has 1 unspecified atom stereocenters. The zero-order valence-corrected chi connectivity index (χ0v) is 11.6. The molecule has 1 saturated heterocycles. The molecule has 1 heterocycles. The summed E-state index contributed by atoms with van der Waals surface area (Å²) in [5.41, 5.74) is -0.460. The van der Waals surface area contributed by atoms with Crippen LogP contribution in [0.3, 0.4) is 0 Å². The van der Waals surface area contributed by atoms with Gasteiger partial charge in [-0.15, -0.1) is 0 Å². The van der Waals surface area contributed by atoms with Crippen molar-refractivity contribution < 1.29 is 23.4 Å². The number of hydrogen-bond acceptors (Lipinski definition) is 4. The van der Waals surface area contributed by atoms with Gasteiger partial charge in [-0.1, -0.05) is 13.8 Å². The number of piperidine rings is 1. The third-order valence-corrected chi connectivity index (χ3v) is 5.23. The Bertz CT molecular complexity index is 404. The zero-order chi connectivity index (χ0) is 14.0. The van der Waals surface area contributed by atoms with Gasteiger partial charge in [-0.25, -0.2) is 12.7 Å². The van der Waals surface area contributed by atoms with Crippen LogP contribution in [0, 0.1) is 5.41 Å². The van der Waals surface area contributed by atoms with Crippen molar-refractivity contribution in [3.63, 3.8) is 0 Å². The van der Waals surface area contributed by atoms with Gasteiger partial charge in [0.25, 0.3) is 0 Å². The number of sulfonamides is 1. The third kappa shape index (κ3) is 3.93. The number of carboxylic acids is 1. The number of carboxylic acid groups (broad SMARTS) is 1. The molecule has 0 aromatic heterocycles. The number of aliphatic hydroxyl groups is 1. The standard InChI is InChI=1S/C11H21NO5S/c1-11(2)8-12(6-5-9(11)13)18(16,17)7-3-4-10(14)15/h9,13H,3-8H2,1-2H3,(H,14,15). The SMILES string of the molecule is CC1(C)CN(S(=O)(=O)CCCC(=O)O)CCC1O. The van der Waals surface area contributed by atoms with Gasteiger partial charge < -0.3 is 10.2 Å². The van der Waals surface area contributed by atoms with Crippen LogP contribution in [-0.4, -0.2) is 53.9 Å². The normalized spacial score (nSPS) is 24.9. The summed E-state index contributed by atoms with van der Waals surface area (Å²) >= 11 is 0. The molecule has 6 nitrogen and oxygen atoms in total. The van der Waals surface area contributed by atoms with E-state index in [1.165, 1.54) is 4.31 Å². The molecule has 1 aliphatic heterocycles. The summed E-state index contributed by atoms with van der Waals surface area (Å²) in [7, 11) is -3.41. The molecule has 0 aliphatic carbocycles. The van der Waals surface area contributed by atoms with Gasteiger partial charge in [0.15, 0.2) is 0 Å². The summed E-state index contributed by atoms with van der Waals surface area (Å²) in [5.74, 6) is -1.13. The minimum Gasteiger partial charge on any atom is -0.481 e. The first-order valence-corrected chi connectivity index (χ1v) is 7.64. The van der Waals surface area contributed by atoms with Crippen molar-refractivity contribution in [3.05, 3.63) is 0 Å². The van der Waals surface area contributed by atoms with Gasteiger partial charge in [-0.3, -0.25) is 4.79 Å². The minimum absolute atomic E-state index is 0.122. The third-order valence-electron chi connectivity index (χ3n) is 3.32. The van der Waals surface area contributed by atoms with E-state index in [0.29, 0.717) is 13.0 Å². The number of carbonyl (C=O) groups is 1. The molecule has 106 valence electrons. The smallest absolute Gasteiger partial charge is 0.303 e. The Balaban J connectivity index is 2.61. The fourth-order valence-corrected chi connectivity index (χ4v) is 3.75. The average molecular weight is 279 g/mol. The number of rotatable bonds is 5. The Labute approximate surface area is 108 Å². The van der Waals surface area contributed by atoms with Crippen LogP contribution in [0.4, 0.5) is 0 Å². The lowest BCUT2D eigenvalue weighted by Gasteiger charge is -2.41. The maximum atomic E-state index is 12.0. The number of nitrogens with zero attached hydrogens (tertiary/aromatic N) is 1. The number of aliphatic carboxylic acids is 1. The van der Waals surface area contributed by atoms with E-state index in [9.17, 15) is 18.3 Å². The van der Waals surface area contributed by atoms with Crippen molar-refractivity contribution in [2.24, 2.45) is 5.41 Å². The highest BCUT2D eigenvalue weighted by Crippen LogP contribution is 2.30. The van der Waals surface area contributed by atoms with E-state index in [2.05, 4.69) is 0 Å². The fourth-order valence-electron chi connectivity index (χ4n) is 2.07. The average Bonchev–Trinajstić information content (AvgIpc) is 2.21. The first kappa shape index (κ1) is 15.4. The molecule has 0 bridgehead atoms. The molecule has 0 amide bonds. The Kier molecular flexibility index (Phi) is 4.74. The lowest BCUT2D eigenvalue weighted by Crippen LogP contribution is -2.51. The second-order valence-electron chi connectivity index (χ2n) is 5.44. The van der Waals surface area contributed by atoms with Crippen molar-refractivity contribution in [2.45, 2.75) is 39.2 Å². The molecule has 0 saturated carbocycles. The highest BCUT2D eigenvalue weighted by Gasteiger charge is 2.38. The van der Waals surface area contributed by atoms with Crippen LogP contribution in [0.2, 0.25) is 0 Å². The van der Waals surface area contributed by atoms with Crippen molar-refractivity contribution in [1.29, 1.82) is 0 Å². The molecule has 1 atom stereocenters. The predicted molar refractivity (Wildman–Crippen MR) is 66.6 cm³/mol. The summed E-state index contributed by atoms with van der Waals surface area (Å²) in [6, 6.07) is 0. The Morgan fingerprint density at radius 3 is 2.56 bits per heavy atom. The van der Waals surface area contributed by atoms with Gasteiger partial charge in [0.05, 0.1) is 11.9 Å². The van der Waals surface area contributed by atoms with Crippen LogP contribution in [0.25, 0.3) is 0 Å². The molecule has 0 spiro atoms. The summed E-state index contributed by atoms with van der Waals surface area (Å²) in [4.78, 5) is 10.4. The molecule has 0 radical (unpaired) electrons. The maximum Gasteiger partial charge on any atom is 0.303 e. The second-order valence-corrected chi connectivity index (χ2v) is 7.53. The first-order chi connectivity index (χ1) is 8.15. The van der Waals surface area contributed by atoms with Gasteiger partial charge >= 0.3 is 5.97 Å². The Hall–Kier alpha value is -0.660. The molecular formula is C11H21NO5S. The van der Waals surface area contributed by atoms with E-state index in [1.54, 1.807) is 0 Å². The van der Waals surface area contributed by atoms with Crippen LogP contribution in [0.5, 0.6) is 0 Å². The molecule has 0 aromatic carbocycles. The molecule has 1 fully saturated rings. The van der Waals surface area contributed by atoms with E-state index in [-0.39, 0.29) is 25.1 Å². The topological polar surface area (TPSA) is 94.9 Å². The van der Waals surface area contributed by atoms with Crippen molar-refractivity contribution >= 4 is 16.0 Å². The van der Waals surface area contributed by atoms with E-state index in [0.717, 1.165) is 0 Å². The van der Waals surface area contributed by atoms with Crippen molar-refractivity contribution in [2.75, 3.05) is 18.8 Å². The lowest BCUT2D eigenvalue weighted by atomic mass is 9.82. The second kappa shape index (κ2) is 5.54. The predicted octanol–water partition coefficient (Wildman–Crippen LogP) is 0.274. The summed E-state index contributed by atoms with van der Waals surface area (Å²) in [6.45, 7) is 4.25. The van der Waals surface area contributed by atoms with E-state index < -0.39 is 27.5 Å². The largest absolute Gasteiger partial charge is 0.481 e. The minimum atomic E-state index is -3.41. The molecule has 1 rings (SSSR count). The highest BCUT2D eigenvalue weighted by atomic mass is 32.2. The van der Waals surface area contributed by atoms with Gasteiger partial charge in [0.1, 0.15) is 0 Å². The van der Waals surface area contributed by atoms with Gasteiger partial charge in [-0.05, 0) is 12.8 Å². The zero-order valence-electron chi connectivity index (χ0n) is 10.8. The summed E-state index contributed by atoms with van der Waals surface area (Å²) in [6.07, 6.45) is -0.0931. The molecule has 18 heavy (non-hydrogen) atoms. The number of hydrogen-bond donors (Lipinski definition) is 2. The molecular weight excluding hydrogens is 258 g/mol. The van der Waals surface area contributed by atoms with Crippen molar-refractivity contribution in [3.8, 4) is 0 Å². The monoisotopic (exact) mass is 279 g/mol. The lowest BCUT2D eigenvalue weighted by molar-refractivity contribution is -0.137. The fraction of sp³-hybridized carbons (Fsp3) is 0.909. The van der Waals surface area contributed by atoms with E-state index in [4.69, 9.17) is 5.11 Å². The quantitative estimate of drug-likeness (QED) is 0.753. The van der Waals surface area contributed by atoms with Crippen molar-refractivity contribution in [1.82, 2.24) is 4.31 Å². The van der Waals surface area contributed by atoms with Gasteiger partial charge in [0, 0.05) is 24.9 Å². The Morgan fingerprint density at radius 2 is 2.06 bits per heavy atom. The van der Waals surface area contributed by atoms with Gasteiger partial charge in [0.2, 0.25) is 10.0 Å². The van der Waals surface area contributed by atoms with Crippen LogP contribution in [-0.2, 0) is 14.8 Å². The highest BCUT2D eigenvalue weighted by molar-refractivity contribution is 7.89. The maximum absolute atomic E-state index is 12.0. The first-order valence-electron chi connectivity index (χ1n) is 6.03. The Morgan fingerprint density at radius 1 is 1.44 bits per heavy atom. The molecule has 0 aromatic rings. The molecule has 2 N–H and O–H groups in total. The van der Waals surface area contributed by atoms with Crippen LogP contribution < -0.4 is 0 Å².